The van der Waals surface area contributed by atoms with Crippen molar-refractivity contribution in [3.8, 4) is 0 Å². The summed E-state index contributed by atoms with van der Waals surface area (Å²) in [5.74, 6) is -0.949. The van der Waals surface area contributed by atoms with Crippen LogP contribution in [0.15, 0.2) is 48.1 Å². The number of ketones is 1. The standard InChI is InChI=1S/C15H16O3/c1-12(15(17)18)6-5-9-14(16)11-10-13-7-3-2-4-8-13/h2-4,6-8,10-11H,5,9H2,1H3,(H,17,18). The van der Waals surface area contributed by atoms with E-state index in [1.807, 2.05) is 30.3 Å². The Balaban J connectivity index is 2.41. The fourth-order valence-electron chi connectivity index (χ4n) is 1.35. The third-order valence-electron chi connectivity index (χ3n) is 2.44. The molecule has 0 aliphatic rings. The Bertz CT molecular complexity index is 470. The van der Waals surface area contributed by atoms with Gasteiger partial charge in [-0.2, -0.15) is 0 Å². The van der Waals surface area contributed by atoms with E-state index >= 15 is 0 Å². The Morgan fingerprint density at radius 1 is 1.22 bits per heavy atom. The molecule has 1 aromatic carbocycles. The molecule has 1 N–H and O–H groups in total. The summed E-state index contributed by atoms with van der Waals surface area (Å²) in [6.07, 6.45) is 5.63. The Labute approximate surface area is 106 Å². The number of carboxylic acid groups (broad SMARTS) is 1. The van der Waals surface area contributed by atoms with Crippen molar-refractivity contribution in [2.75, 3.05) is 0 Å². The van der Waals surface area contributed by atoms with Gasteiger partial charge in [-0.3, -0.25) is 4.79 Å². The zero-order valence-electron chi connectivity index (χ0n) is 10.3. The summed E-state index contributed by atoms with van der Waals surface area (Å²) in [6, 6.07) is 9.56. The van der Waals surface area contributed by atoms with E-state index in [0.717, 1.165) is 5.56 Å². The second-order valence-electron chi connectivity index (χ2n) is 3.94. The highest BCUT2D eigenvalue weighted by atomic mass is 16.4. The van der Waals surface area contributed by atoms with Crippen LogP contribution in [0.3, 0.4) is 0 Å². The van der Waals surface area contributed by atoms with Crippen molar-refractivity contribution >= 4 is 17.8 Å². The van der Waals surface area contributed by atoms with Crippen molar-refractivity contribution in [1.82, 2.24) is 0 Å². The van der Waals surface area contributed by atoms with Gasteiger partial charge in [0, 0.05) is 12.0 Å². The number of allylic oxidation sites excluding steroid dienone is 2. The first kappa shape index (κ1) is 13.9. The van der Waals surface area contributed by atoms with E-state index in [2.05, 4.69) is 0 Å². The van der Waals surface area contributed by atoms with Crippen LogP contribution in [-0.4, -0.2) is 16.9 Å². The second kappa shape index (κ2) is 7.22. The summed E-state index contributed by atoms with van der Waals surface area (Å²) in [5.41, 5.74) is 1.25. The van der Waals surface area contributed by atoms with Crippen LogP contribution in [-0.2, 0) is 9.59 Å². The molecule has 0 radical (unpaired) electrons. The predicted molar refractivity (Wildman–Crippen MR) is 71.1 cm³/mol. The molecule has 18 heavy (non-hydrogen) atoms. The van der Waals surface area contributed by atoms with Crippen LogP contribution >= 0.6 is 0 Å². The zero-order valence-corrected chi connectivity index (χ0v) is 10.3. The molecule has 0 aromatic heterocycles. The van der Waals surface area contributed by atoms with Crippen LogP contribution in [0.2, 0.25) is 0 Å². The maximum absolute atomic E-state index is 11.5. The molecule has 94 valence electrons. The van der Waals surface area contributed by atoms with E-state index < -0.39 is 5.97 Å². The van der Waals surface area contributed by atoms with Crippen LogP contribution in [0.25, 0.3) is 6.08 Å². The molecule has 0 heterocycles. The first-order valence-electron chi connectivity index (χ1n) is 5.75. The highest BCUT2D eigenvalue weighted by Crippen LogP contribution is 2.04. The number of hydrogen-bond acceptors (Lipinski definition) is 2. The lowest BCUT2D eigenvalue weighted by molar-refractivity contribution is -0.132. The summed E-state index contributed by atoms with van der Waals surface area (Å²) in [7, 11) is 0. The van der Waals surface area contributed by atoms with E-state index in [-0.39, 0.29) is 11.4 Å². The summed E-state index contributed by atoms with van der Waals surface area (Å²) in [6.45, 7) is 1.52. The summed E-state index contributed by atoms with van der Waals surface area (Å²) < 4.78 is 0. The number of rotatable bonds is 6. The van der Waals surface area contributed by atoms with Crippen LogP contribution in [0, 0.1) is 0 Å². The number of benzene rings is 1. The summed E-state index contributed by atoms with van der Waals surface area (Å²) in [5, 5.41) is 8.63. The van der Waals surface area contributed by atoms with Gasteiger partial charge in [0.1, 0.15) is 0 Å². The molecule has 0 unspecified atom stereocenters. The number of aliphatic carboxylic acids is 1. The highest BCUT2D eigenvalue weighted by molar-refractivity contribution is 5.93. The smallest absolute Gasteiger partial charge is 0.330 e. The van der Waals surface area contributed by atoms with E-state index in [0.29, 0.717) is 12.8 Å². The van der Waals surface area contributed by atoms with Crippen molar-refractivity contribution in [3.63, 3.8) is 0 Å². The average molecular weight is 244 g/mol. The van der Waals surface area contributed by atoms with Gasteiger partial charge < -0.3 is 5.11 Å². The predicted octanol–water partition coefficient (Wildman–Crippen LogP) is 3.08. The average Bonchev–Trinajstić information content (AvgIpc) is 2.37. The molecule has 0 amide bonds. The maximum Gasteiger partial charge on any atom is 0.330 e. The molecule has 0 atom stereocenters. The van der Waals surface area contributed by atoms with Crippen molar-refractivity contribution in [3.05, 3.63) is 53.6 Å². The minimum absolute atomic E-state index is 0.00621. The fourth-order valence-corrected chi connectivity index (χ4v) is 1.35. The minimum atomic E-state index is -0.942. The van der Waals surface area contributed by atoms with Gasteiger partial charge in [0.2, 0.25) is 0 Å². The van der Waals surface area contributed by atoms with E-state index in [1.165, 1.54) is 13.0 Å². The summed E-state index contributed by atoms with van der Waals surface area (Å²) in [4.78, 5) is 22.0. The quantitative estimate of drug-likeness (QED) is 0.782. The summed E-state index contributed by atoms with van der Waals surface area (Å²) >= 11 is 0. The SMILES string of the molecule is CC(=CCCC(=O)C=Cc1ccccc1)C(=O)O. The van der Waals surface area contributed by atoms with Gasteiger partial charge in [0.05, 0.1) is 0 Å². The molecular formula is C15H16O3. The lowest BCUT2D eigenvalue weighted by Gasteiger charge is -1.94. The first-order valence-corrected chi connectivity index (χ1v) is 5.75. The lowest BCUT2D eigenvalue weighted by atomic mass is 10.1. The highest BCUT2D eigenvalue weighted by Gasteiger charge is 2.00. The molecule has 0 aliphatic carbocycles. The molecule has 0 bridgehead atoms. The van der Waals surface area contributed by atoms with E-state index in [4.69, 9.17) is 5.11 Å². The molecule has 3 heteroatoms. The molecule has 0 fully saturated rings. The minimum Gasteiger partial charge on any atom is -0.478 e. The molecule has 0 saturated heterocycles. The van der Waals surface area contributed by atoms with Gasteiger partial charge >= 0.3 is 5.97 Å². The third-order valence-corrected chi connectivity index (χ3v) is 2.44. The van der Waals surface area contributed by atoms with Crippen LogP contribution in [0.5, 0.6) is 0 Å². The van der Waals surface area contributed by atoms with Crippen molar-refractivity contribution < 1.29 is 14.7 Å². The molecule has 1 aromatic rings. The molecule has 0 spiro atoms. The number of carboxylic acids is 1. The van der Waals surface area contributed by atoms with Crippen LogP contribution in [0.1, 0.15) is 25.3 Å². The Kier molecular flexibility index (Phi) is 5.58. The van der Waals surface area contributed by atoms with Crippen LogP contribution < -0.4 is 0 Å². The van der Waals surface area contributed by atoms with Crippen molar-refractivity contribution in [2.45, 2.75) is 19.8 Å². The maximum atomic E-state index is 11.5. The molecule has 3 nitrogen and oxygen atoms in total. The van der Waals surface area contributed by atoms with Crippen molar-refractivity contribution in [1.29, 1.82) is 0 Å². The first-order chi connectivity index (χ1) is 8.59. The molecular weight excluding hydrogens is 228 g/mol. The van der Waals surface area contributed by atoms with Gasteiger partial charge in [-0.05, 0) is 25.0 Å². The monoisotopic (exact) mass is 244 g/mol. The van der Waals surface area contributed by atoms with Gasteiger partial charge in [-0.15, -0.1) is 0 Å². The van der Waals surface area contributed by atoms with E-state index in [1.54, 1.807) is 12.2 Å². The molecule has 0 saturated carbocycles. The van der Waals surface area contributed by atoms with Gasteiger partial charge in [0.15, 0.2) is 5.78 Å². The second-order valence-corrected chi connectivity index (χ2v) is 3.94. The Hall–Kier alpha value is -2.16. The fraction of sp³-hybridized carbons (Fsp3) is 0.200. The number of carbonyl (C=O) groups is 2. The van der Waals surface area contributed by atoms with Gasteiger partial charge in [-0.1, -0.05) is 42.5 Å². The van der Waals surface area contributed by atoms with E-state index in [9.17, 15) is 9.59 Å². The topological polar surface area (TPSA) is 54.4 Å². The van der Waals surface area contributed by atoms with Crippen LogP contribution in [0.4, 0.5) is 0 Å². The molecule has 1 rings (SSSR count). The zero-order chi connectivity index (χ0) is 13.4. The van der Waals surface area contributed by atoms with Gasteiger partial charge in [-0.25, -0.2) is 4.79 Å². The van der Waals surface area contributed by atoms with Crippen molar-refractivity contribution in [2.24, 2.45) is 0 Å². The van der Waals surface area contributed by atoms with Gasteiger partial charge in [0.25, 0.3) is 0 Å². The Morgan fingerprint density at radius 2 is 1.89 bits per heavy atom. The lowest BCUT2D eigenvalue weighted by Crippen LogP contribution is -1.97. The normalized spacial score (nSPS) is 11.7. The number of hydrogen-bond donors (Lipinski definition) is 1. The largest absolute Gasteiger partial charge is 0.478 e. The number of carbonyl (C=O) groups excluding carboxylic acids is 1. The molecule has 0 aliphatic heterocycles. The Morgan fingerprint density at radius 3 is 2.50 bits per heavy atom. The third kappa shape index (κ3) is 5.25.